The maximum atomic E-state index is 12.1. The van der Waals surface area contributed by atoms with Crippen LogP contribution in [0.2, 0.25) is 0 Å². The molecule has 2 heterocycles. The van der Waals surface area contributed by atoms with Gasteiger partial charge in [-0.1, -0.05) is 65.3 Å². The van der Waals surface area contributed by atoms with Gasteiger partial charge in [0.2, 0.25) is 0 Å². The molecule has 27 heavy (non-hydrogen) atoms. The number of hydrogen-bond acceptors (Lipinski definition) is 4. The second-order valence-corrected chi connectivity index (χ2v) is 7.77. The van der Waals surface area contributed by atoms with E-state index in [1.54, 1.807) is 11.6 Å². The van der Waals surface area contributed by atoms with Gasteiger partial charge in [0.25, 0.3) is 5.56 Å². The maximum Gasteiger partial charge on any atom is 0.262 e. The van der Waals surface area contributed by atoms with Gasteiger partial charge in [0.15, 0.2) is 5.65 Å². The molecule has 0 spiro atoms. The number of hydrogen-bond donors (Lipinski definition) is 2. The van der Waals surface area contributed by atoms with Gasteiger partial charge in [-0.3, -0.25) is 4.79 Å². The molecular weight excluding hydrogens is 340 g/mol. The lowest BCUT2D eigenvalue weighted by atomic mass is 9.87. The van der Waals surface area contributed by atoms with Crippen molar-refractivity contribution in [1.29, 1.82) is 0 Å². The fourth-order valence-electron chi connectivity index (χ4n) is 2.77. The van der Waals surface area contributed by atoms with Crippen molar-refractivity contribution in [3.63, 3.8) is 0 Å². The molecule has 0 radical (unpaired) electrons. The lowest BCUT2D eigenvalue weighted by Gasteiger charge is -2.19. The van der Waals surface area contributed by atoms with E-state index < -0.39 is 0 Å². The summed E-state index contributed by atoms with van der Waals surface area (Å²) in [7, 11) is 0. The van der Waals surface area contributed by atoms with Gasteiger partial charge in [0.1, 0.15) is 16.9 Å². The van der Waals surface area contributed by atoms with Crippen LogP contribution in [0.25, 0.3) is 11.0 Å². The number of nitrogens with one attached hydrogen (secondary N) is 1. The molecule has 0 aliphatic carbocycles. The molecule has 6 nitrogen and oxygen atoms in total. The van der Waals surface area contributed by atoms with Gasteiger partial charge >= 0.3 is 0 Å². The maximum absolute atomic E-state index is 12.1. The molecule has 146 valence electrons. The average molecular weight is 370 g/mol. The van der Waals surface area contributed by atoms with Gasteiger partial charge in [-0.2, -0.15) is 5.10 Å². The quantitative estimate of drug-likeness (QED) is 0.736. The number of aromatic nitrogens is 4. The van der Waals surface area contributed by atoms with E-state index in [2.05, 4.69) is 74.0 Å². The number of aromatic amines is 1. The van der Waals surface area contributed by atoms with Crippen molar-refractivity contribution < 1.29 is 5.11 Å². The van der Waals surface area contributed by atoms with Crippen LogP contribution in [0.1, 0.15) is 63.7 Å². The molecule has 2 N–H and O–H groups in total. The Morgan fingerprint density at radius 2 is 1.74 bits per heavy atom. The second-order valence-electron chi connectivity index (χ2n) is 7.77. The van der Waals surface area contributed by atoms with Gasteiger partial charge in [0, 0.05) is 0 Å². The van der Waals surface area contributed by atoms with Crippen LogP contribution in [0.3, 0.4) is 0 Å². The van der Waals surface area contributed by atoms with Crippen LogP contribution < -0.4 is 5.56 Å². The lowest BCUT2D eigenvalue weighted by Crippen LogP contribution is -2.12. The van der Waals surface area contributed by atoms with Crippen molar-refractivity contribution >= 4 is 11.0 Å². The monoisotopic (exact) mass is 370 g/mol. The van der Waals surface area contributed by atoms with Crippen LogP contribution in [0.4, 0.5) is 0 Å². The molecule has 0 amide bonds. The topological polar surface area (TPSA) is 83.8 Å². The summed E-state index contributed by atoms with van der Waals surface area (Å²) in [5, 5.41) is 14.2. The number of aliphatic hydroxyl groups is 1. The Balaban J connectivity index is 0.000000817. The van der Waals surface area contributed by atoms with Crippen LogP contribution in [0, 0.1) is 6.92 Å². The Labute approximate surface area is 160 Å². The minimum atomic E-state index is -0.291. The molecule has 0 unspecified atom stereocenters. The molecule has 0 saturated heterocycles. The molecule has 3 rings (SSSR count). The summed E-state index contributed by atoms with van der Waals surface area (Å²) >= 11 is 0. The first-order valence-corrected chi connectivity index (χ1v) is 9.37. The molecule has 0 aliphatic heterocycles. The number of aliphatic hydroxyl groups excluding tert-OH is 1. The third-order valence-corrected chi connectivity index (χ3v) is 4.10. The third kappa shape index (κ3) is 4.83. The van der Waals surface area contributed by atoms with Crippen LogP contribution in [-0.4, -0.2) is 24.9 Å². The highest BCUT2D eigenvalue weighted by atomic mass is 16.3. The zero-order valence-electron chi connectivity index (χ0n) is 17.1. The molecule has 6 heteroatoms. The summed E-state index contributed by atoms with van der Waals surface area (Å²) in [5.74, 6) is 0.529. The van der Waals surface area contributed by atoms with E-state index in [9.17, 15) is 9.90 Å². The lowest BCUT2D eigenvalue weighted by molar-refractivity contribution is 0.276. The van der Waals surface area contributed by atoms with E-state index in [0.717, 1.165) is 5.56 Å². The molecule has 0 aliphatic rings. The molecule has 0 saturated carbocycles. The van der Waals surface area contributed by atoms with Crippen LogP contribution in [0.5, 0.6) is 0 Å². The van der Waals surface area contributed by atoms with E-state index in [0.29, 0.717) is 29.1 Å². The largest absolute Gasteiger partial charge is 0.390 e. The smallest absolute Gasteiger partial charge is 0.262 e. The van der Waals surface area contributed by atoms with E-state index >= 15 is 0 Å². The van der Waals surface area contributed by atoms with Crippen molar-refractivity contribution in [2.75, 3.05) is 0 Å². The zero-order chi connectivity index (χ0) is 20.2. The van der Waals surface area contributed by atoms with Crippen LogP contribution >= 0.6 is 0 Å². The molecule has 0 bridgehead atoms. The SMILES string of the molecule is CCC.Cc1nc2c(c(CO)nn2Cc2ccc(C(C)(C)C)cc2)c(=O)[nH]1. The number of H-pyrrole nitrogens is 1. The zero-order valence-corrected chi connectivity index (χ0v) is 17.1. The van der Waals surface area contributed by atoms with Gasteiger partial charge in [0.05, 0.1) is 13.2 Å². The summed E-state index contributed by atoms with van der Waals surface area (Å²) in [6, 6.07) is 8.35. The predicted molar refractivity (Wildman–Crippen MR) is 109 cm³/mol. The Kier molecular flexibility index (Phi) is 6.54. The van der Waals surface area contributed by atoms with Crippen molar-refractivity contribution in [3.05, 3.63) is 57.3 Å². The highest BCUT2D eigenvalue weighted by Gasteiger charge is 2.16. The van der Waals surface area contributed by atoms with E-state index in [4.69, 9.17) is 0 Å². The Morgan fingerprint density at radius 3 is 2.26 bits per heavy atom. The number of benzene rings is 1. The van der Waals surface area contributed by atoms with Gasteiger partial charge in [-0.05, 0) is 23.5 Å². The van der Waals surface area contributed by atoms with Crippen LogP contribution in [0.15, 0.2) is 29.1 Å². The first kappa shape index (κ1) is 20.8. The van der Waals surface area contributed by atoms with E-state index in [-0.39, 0.29) is 17.6 Å². The minimum absolute atomic E-state index is 0.104. The minimum Gasteiger partial charge on any atom is -0.390 e. The molecule has 3 aromatic rings. The summed E-state index contributed by atoms with van der Waals surface area (Å²) in [6.07, 6.45) is 1.25. The normalized spacial score (nSPS) is 11.4. The fraction of sp³-hybridized carbons (Fsp3) is 0.476. The highest BCUT2D eigenvalue weighted by molar-refractivity contribution is 5.77. The Bertz CT molecular complexity index is 947. The molecule has 2 aromatic heterocycles. The van der Waals surface area contributed by atoms with Crippen LogP contribution in [-0.2, 0) is 18.6 Å². The molecule has 0 atom stereocenters. The first-order valence-electron chi connectivity index (χ1n) is 9.37. The number of rotatable bonds is 3. The predicted octanol–water partition coefficient (Wildman–Crippen LogP) is 3.68. The van der Waals surface area contributed by atoms with Crippen molar-refractivity contribution in [2.45, 2.75) is 66.5 Å². The summed E-state index contributed by atoms with van der Waals surface area (Å²) in [5.41, 5.74) is 3.02. The number of nitrogens with zero attached hydrogens (tertiary/aromatic N) is 3. The highest BCUT2D eigenvalue weighted by Crippen LogP contribution is 2.23. The van der Waals surface area contributed by atoms with E-state index in [1.807, 2.05) is 0 Å². The summed E-state index contributed by atoms with van der Waals surface area (Å²) in [4.78, 5) is 19.2. The standard InChI is InChI=1S/C18H22N4O2.C3H8/c1-11-19-16-15(17(24)20-11)14(10-23)21-22(16)9-12-5-7-13(8-6-12)18(2,3)4;1-3-2/h5-8,23H,9-10H2,1-4H3,(H,19,20,24);3H2,1-2H3. The van der Waals surface area contributed by atoms with Gasteiger partial charge in [-0.25, -0.2) is 9.67 Å². The van der Waals surface area contributed by atoms with E-state index in [1.165, 1.54) is 12.0 Å². The van der Waals surface area contributed by atoms with Gasteiger partial charge in [-0.15, -0.1) is 0 Å². The molecule has 1 aromatic carbocycles. The van der Waals surface area contributed by atoms with Crippen molar-refractivity contribution in [1.82, 2.24) is 19.7 Å². The fourth-order valence-corrected chi connectivity index (χ4v) is 2.77. The third-order valence-electron chi connectivity index (χ3n) is 4.10. The Morgan fingerprint density at radius 1 is 1.15 bits per heavy atom. The second kappa shape index (κ2) is 8.48. The summed E-state index contributed by atoms with van der Waals surface area (Å²) in [6.45, 7) is 12.7. The first-order chi connectivity index (χ1) is 12.7. The Hall–Kier alpha value is -2.47. The molecule has 0 fully saturated rings. The number of aryl methyl sites for hydroxylation is 1. The van der Waals surface area contributed by atoms with Gasteiger partial charge < -0.3 is 10.1 Å². The van der Waals surface area contributed by atoms with Crippen molar-refractivity contribution in [2.24, 2.45) is 0 Å². The number of fused-ring (bicyclic) bond motifs is 1. The molecular formula is C21H30N4O2. The average Bonchev–Trinajstić information content (AvgIpc) is 2.93. The van der Waals surface area contributed by atoms with Crippen molar-refractivity contribution in [3.8, 4) is 0 Å². The summed E-state index contributed by atoms with van der Waals surface area (Å²) < 4.78 is 1.68.